The van der Waals surface area contributed by atoms with Crippen molar-refractivity contribution < 1.29 is 5.11 Å². The van der Waals surface area contributed by atoms with Crippen LogP contribution in [-0.4, -0.2) is 11.2 Å². The zero-order valence-corrected chi connectivity index (χ0v) is 7.89. The summed E-state index contributed by atoms with van der Waals surface area (Å²) in [6.45, 7) is 8.57. The average Bonchev–Trinajstić information content (AvgIpc) is 2.38. The van der Waals surface area contributed by atoms with Gasteiger partial charge < -0.3 is 5.11 Å². The molecule has 1 aliphatic rings. The van der Waals surface area contributed by atoms with Crippen LogP contribution in [0.3, 0.4) is 0 Å². The van der Waals surface area contributed by atoms with Gasteiger partial charge in [-0.25, -0.2) is 0 Å². The zero-order valence-electron chi connectivity index (χ0n) is 7.89. The zero-order chi connectivity index (χ0) is 8.65. The standard InChI is InChI=1S/C10H18O/c1-7(2)5-9(11)8-6-10(8,3)4/h6-7,9,11H,5H2,1-4H3. The van der Waals surface area contributed by atoms with Crippen molar-refractivity contribution in [2.75, 3.05) is 0 Å². The molecule has 0 bridgehead atoms. The van der Waals surface area contributed by atoms with E-state index in [1.807, 2.05) is 0 Å². The SMILES string of the molecule is CC(C)CC(O)C1=CC1(C)C. The molecule has 0 saturated heterocycles. The Morgan fingerprint density at radius 1 is 1.45 bits per heavy atom. The van der Waals surface area contributed by atoms with Crippen LogP contribution in [0.15, 0.2) is 11.6 Å². The summed E-state index contributed by atoms with van der Waals surface area (Å²) in [6, 6.07) is 0. The lowest BCUT2D eigenvalue weighted by Crippen LogP contribution is -2.12. The van der Waals surface area contributed by atoms with Gasteiger partial charge >= 0.3 is 0 Å². The Bertz CT molecular complexity index is 177. The van der Waals surface area contributed by atoms with Crippen molar-refractivity contribution in [3.63, 3.8) is 0 Å². The largest absolute Gasteiger partial charge is 0.389 e. The molecule has 0 saturated carbocycles. The maximum absolute atomic E-state index is 9.63. The van der Waals surface area contributed by atoms with E-state index >= 15 is 0 Å². The molecule has 0 aromatic carbocycles. The quantitative estimate of drug-likeness (QED) is 0.619. The van der Waals surface area contributed by atoms with Crippen molar-refractivity contribution in [3.05, 3.63) is 11.6 Å². The van der Waals surface area contributed by atoms with Crippen molar-refractivity contribution in [1.82, 2.24) is 0 Å². The van der Waals surface area contributed by atoms with Gasteiger partial charge in [0.1, 0.15) is 0 Å². The topological polar surface area (TPSA) is 20.2 Å². The fourth-order valence-electron chi connectivity index (χ4n) is 1.45. The minimum atomic E-state index is -0.190. The fourth-order valence-corrected chi connectivity index (χ4v) is 1.45. The molecular formula is C10H18O. The van der Waals surface area contributed by atoms with E-state index in [1.54, 1.807) is 0 Å². The molecule has 0 aromatic rings. The van der Waals surface area contributed by atoms with Crippen LogP contribution in [0.2, 0.25) is 0 Å². The summed E-state index contributed by atoms with van der Waals surface area (Å²) in [6.07, 6.45) is 2.86. The van der Waals surface area contributed by atoms with Gasteiger partial charge in [-0.05, 0) is 17.9 Å². The molecule has 11 heavy (non-hydrogen) atoms. The molecule has 1 N–H and O–H groups in total. The van der Waals surface area contributed by atoms with Gasteiger partial charge in [0, 0.05) is 5.41 Å². The van der Waals surface area contributed by atoms with Gasteiger partial charge in [-0.1, -0.05) is 33.8 Å². The molecule has 0 amide bonds. The highest BCUT2D eigenvalue weighted by molar-refractivity contribution is 5.38. The molecule has 1 nitrogen and oxygen atoms in total. The van der Waals surface area contributed by atoms with Crippen molar-refractivity contribution >= 4 is 0 Å². The molecule has 0 aliphatic heterocycles. The second-order valence-corrected chi connectivity index (χ2v) is 4.47. The number of aliphatic hydroxyl groups is 1. The third-order valence-corrected chi connectivity index (χ3v) is 2.23. The summed E-state index contributed by atoms with van der Waals surface area (Å²) in [5.74, 6) is 0.585. The Labute approximate surface area is 69.1 Å². The van der Waals surface area contributed by atoms with E-state index in [0.29, 0.717) is 5.92 Å². The van der Waals surface area contributed by atoms with Crippen LogP contribution < -0.4 is 0 Å². The van der Waals surface area contributed by atoms with Crippen LogP contribution in [0.1, 0.15) is 34.1 Å². The predicted octanol–water partition coefficient (Wildman–Crippen LogP) is 2.36. The fraction of sp³-hybridized carbons (Fsp3) is 0.800. The summed E-state index contributed by atoms with van der Waals surface area (Å²) in [4.78, 5) is 0. The normalized spacial score (nSPS) is 23.3. The van der Waals surface area contributed by atoms with E-state index in [0.717, 1.165) is 6.42 Å². The third kappa shape index (κ3) is 2.06. The molecule has 1 atom stereocenters. The summed E-state index contributed by atoms with van der Waals surface area (Å²) in [5, 5.41) is 9.63. The average molecular weight is 154 g/mol. The number of allylic oxidation sites excluding steroid dienone is 1. The Kier molecular flexibility index (Phi) is 2.10. The van der Waals surface area contributed by atoms with Gasteiger partial charge in [0.15, 0.2) is 0 Å². The van der Waals surface area contributed by atoms with E-state index in [2.05, 4.69) is 33.8 Å². The molecule has 1 rings (SSSR count). The molecule has 0 heterocycles. The van der Waals surface area contributed by atoms with Crippen molar-refractivity contribution in [3.8, 4) is 0 Å². The number of aliphatic hydroxyl groups excluding tert-OH is 1. The summed E-state index contributed by atoms with van der Waals surface area (Å²) < 4.78 is 0. The van der Waals surface area contributed by atoms with Gasteiger partial charge in [-0.15, -0.1) is 0 Å². The maximum atomic E-state index is 9.63. The van der Waals surface area contributed by atoms with E-state index < -0.39 is 0 Å². The Balaban J connectivity index is 2.34. The highest BCUT2D eigenvalue weighted by atomic mass is 16.3. The first-order chi connectivity index (χ1) is 4.93. The molecule has 0 spiro atoms. The molecule has 1 heteroatoms. The summed E-state index contributed by atoms with van der Waals surface area (Å²) >= 11 is 0. The van der Waals surface area contributed by atoms with Crippen LogP contribution in [0, 0.1) is 11.3 Å². The van der Waals surface area contributed by atoms with E-state index in [-0.39, 0.29) is 11.5 Å². The van der Waals surface area contributed by atoms with Crippen LogP contribution in [0.25, 0.3) is 0 Å². The van der Waals surface area contributed by atoms with Gasteiger partial charge in [0.05, 0.1) is 6.10 Å². The predicted molar refractivity (Wildman–Crippen MR) is 47.3 cm³/mol. The van der Waals surface area contributed by atoms with E-state index in [9.17, 15) is 5.11 Å². The number of rotatable bonds is 3. The first-order valence-electron chi connectivity index (χ1n) is 4.35. The van der Waals surface area contributed by atoms with Gasteiger partial charge in [-0.2, -0.15) is 0 Å². The molecular weight excluding hydrogens is 136 g/mol. The van der Waals surface area contributed by atoms with Crippen molar-refractivity contribution in [1.29, 1.82) is 0 Å². The highest BCUT2D eigenvalue weighted by Gasteiger charge is 2.38. The summed E-state index contributed by atoms with van der Waals surface area (Å²) in [5.41, 5.74) is 1.44. The monoisotopic (exact) mass is 154 g/mol. The lowest BCUT2D eigenvalue weighted by molar-refractivity contribution is 0.179. The second-order valence-electron chi connectivity index (χ2n) is 4.47. The molecule has 1 unspecified atom stereocenters. The highest BCUT2D eigenvalue weighted by Crippen LogP contribution is 2.46. The van der Waals surface area contributed by atoms with Gasteiger partial charge in [0.25, 0.3) is 0 Å². The smallest absolute Gasteiger partial charge is 0.0761 e. The van der Waals surface area contributed by atoms with Gasteiger partial charge in [0.2, 0.25) is 0 Å². The van der Waals surface area contributed by atoms with E-state index in [1.165, 1.54) is 5.57 Å². The van der Waals surface area contributed by atoms with Crippen LogP contribution in [-0.2, 0) is 0 Å². The first-order valence-corrected chi connectivity index (χ1v) is 4.35. The lowest BCUT2D eigenvalue weighted by Gasteiger charge is -2.13. The lowest BCUT2D eigenvalue weighted by atomic mass is 9.97. The van der Waals surface area contributed by atoms with Crippen LogP contribution in [0.5, 0.6) is 0 Å². The molecule has 0 radical (unpaired) electrons. The number of hydrogen-bond donors (Lipinski definition) is 1. The van der Waals surface area contributed by atoms with E-state index in [4.69, 9.17) is 0 Å². The number of hydrogen-bond acceptors (Lipinski definition) is 1. The minimum Gasteiger partial charge on any atom is -0.389 e. The van der Waals surface area contributed by atoms with Gasteiger partial charge in [-0.3, -0.25) is 0 Å². The Morgan fingerprint density at radius 3 is 2.18 bits per heavy atom. The van der Waals surface area contributed by atoms with Crippen molar-refractivity contribution in [2.24, 2.45) is 11.3 Å². The molecule has 0 aromatic heterocycles. The maximum Gasteiger partial charge on any atom is 0.0761 e. The molecule has 0 fully saturated rings. The molecule has 1 aliphatic carbocycles. The minimum absolute atomic E-state index is 0.190. The third-order valence-electron chi connectivity index (χ3n) is 2.23. The Hall–Kier alpha value is -0.300. The van der Waals surface area contributed by atoms with Crippen LogP contribution >= 0.6 is 0 Å². The Morgan fingerprint density at radius 2 is 1.91 bits per heavy atom. The second kappa shape index (κ2) is 2.63. The van der Waals surface area contributed by atoms with Crippen LogP contribution in [0.4, 0.5) is 0 Å². The first kappa shape index (κ1) is 8.79. The summed E-state index contributed by atoms with van der Waals surface area (Å²) in [7, 11) is 0. The van der Waals surface area contributed by atoms with Crippen molar-refractivity contribution in [2.45, 2.75) is 40.2 Å². The molecule has 64 valence electrons.